The summed E-state index contributed by atoms with van der Waals surface area (Å²) in [7, 11) is 0. The van der Waals surface area contributed by atoms with Crippen molar-refractivity contribution in [3.8, 4) is 17.2 Å². The van der Waals surface area contributed by atoms with E-state index in [-0.39, 0.29) is 6.04 Å². The Morgan fingerprint density at radius 2 is 1.85 bits per heavy atom. The summed E-state index contributed by atoms with van der Waals surface area (Å²) in [5.74, 6) is 2.19. The second kappa shape index (κ2) is 6.77. The van der Waals surface area contributed by atoms with Gasteiger partial charge in [-0.05, 0) is 43.7 Å². The standard InChI is InChI=1S/C16H18BrNO2/c1-3-19-15-6-4-5-7-16(15)20-12-8-9-13(11(2)18)14(17)10-12/h4-11H,3,18H2,1-2H3/t11-/m0/s1. The van der Waals surface area contributed by atoms with Crippen molar-refractivity contribution >= 4 is 15.9 Å². The summed E-state index contributed by atoms with van der Waals surface area (Å²) in [6.07, 6.45) is 0. The molecule has 106 valence electrons. The maximum Gasteiger partial charge on any atom is 0.169 e. The van der Waals surface area contributed by atoms with Gasteiger partial charge in [0.25, 0.3) is 0 Å². The molecule has 1 atom stereocenters. The predicted molar refractivity (Wildman–Crippen MR) is 84.4 cm³/mol. The van der Waals surface area contributed by atoms with Crippen molar-refractivity contribution in [2.24, 2.45) is 5.73 Å². The Morgan fingerprint density at radius 1 is 1.15 bits per heavy atom. The Hall–Kier alpha value is -1.52. The Labute approximate surface area is 127 Å². The Kier molecular flexibility index (Phi) is 5.04. The second-order valence-electron chi connectivity index (χ2n) is 4.45. The van der Waals surface area contributed by atoms with Crippen LogP contribution in [-0.4, -0.2) is 6.61 Å². The minimum absolute atomic E-state index is 0.0193. The molecule has 0 amide bonds. The van der Waals surface area contributed by atoms with Crippen molar-refractivity contribution in [3.05, 3.63) is 52.5 Å². The maximum atomic E-state index is 5.89. The first-order valence-electron chi connectivity index (χ1n) is 6.56. The third kappa shape index (κ3) is 3.52. The summed E-state index contributed by atoms with van der Waals surface area (Å²) < 4.78 is 12.4. The molecule has 0 saturated heterocycles. The normalized spacial score (nSPS) is 12.0. The molecule has 3 nitrogen and oxygen atoms in total. The van der Waals surface area contributed by atoms with Gasteiger partial charge in [0, 0.05) is 10.5 Å². The van der Waals surface area contributed by atoms with Crippen LogP contribution in [0.4, 0.5) is 0 Å². The second-order valence-corrected chi connectivity index (χ2v) is 5.31. The van der Waals surface area contributed by atoms with Gasteiger partial charge in [0.05, 0.1) is 6.61 Å². The van der Waals surface area contributed by atoms with Crippen LogP contribution in [0.1, 0.15) is 25.5 Å². The fraction of sp³-hybridized carbons (Fsp3) is 0.250. The number of halogens is 1. The Morgan fingerprint density at radius 3 is 2.45 bits per heavy atom. The van der Waals surface area contributed by atoms with Crippen LogP contribution >= 0.6 is 15.9 Å². The lowest BCUT2D eigenvalue weighted by Gasteiger charge is -2.13. The maximum absolute atomic E-state index is 5.89. The van der Waals surface area contributed by atoms with E-state index in [1.165, 1.54) is 0 Å². The van der Waals surface area contributed by atoms with E-state index in [4.69, 9.17) is 15.2 Å². The summed E-state index contributed by atoms with van der Waals surface area (Å²) in [5.41, 5.74) is 6.94. The summed E-state index contributed by atoms with van der Waals surface area (Å²) in [4.78, 5) is 0. The smallest absolute Gasteiger partial charge is 0.169 e. The SMILES string of the molecule is CCOc1ccccc1Oc1ccc([C@H](C)N)c(Br)c1. The number of para-hydroxylation sites is 2. The number of ether oxygens (including phenoxy) is 2. The van der Waals surface area contributed by atoms with Crippen molar-refractivity contribution in [2.45, 2.75) is 19.9 Å². The van der Waals surface area contributed by atoms with Gasteiger partial charge in [-0.25, -0.2) is 0 Å². The Balaban J connectivity index is 2.24. The van der Waals surface area contributed by atoms with Gasteiger partial charge in [-0.1, -0.05) is 34.1 Å². The number of rotatable bonds is 5. The van der Waals surface area contributed by atoms with Crippen LogP contribution < -0.4 is 15.2 Å². The number of benzene rings is 2. The third-order valence-electron chi connectivity index (χ3n) is 2.84. The van der Waals surface area contributed by atoms with Crippen LogP contribution in [0.3, 0.4) is 0 Å². The molecule has 0 aliphatic heterocycles. The fourth-order valence-electron chi connectivity index (χ4n) is 1.88. The summed E-state index contributed by atoms with van der Waals surface area (Å²) in [5, 5.41) is 0. The highest BCUT2D eigenvalue weighted by atomic mass is 79.9. The van der Waals surface area contributed by atoms with Gasteiger partial charge in [0.2, 0.25) is 0 Å². The lowest BCUT2D eigenvalue weighted by Crippen LogP contribution is -2.05. The molecule has 0 spiro atoms. The fourth-order valence-corrected chi connectivity index (χ4v) is 2.60. The highest BCUT2D eigenvalue weighted by Crippen LogP contribution is 2.34. The molecule has 2 rings (SSSR count). The molecule has 4 heteroatoms. The topological polar surface area (TPSA) is 44.5 Å². The van der Waals surface area contributed by atoms with E-state index in [0.29, 0.717) is 12.4 Å². The number of hydrogen-bond donors (Lipinski definition) is 1. The van der Waals surface area contributed by atoms with Gasteiger partial charge in [-0.3, -0.25) is 0 Å². The van der Waals surface area contributed by atoms with Crippen LogP contribution in [0.5, 0.6) is 17.2 Å². The van der Waals surface area contributed by atoms with Crippen LogP contribution in [0, 0.1) is 0 Å². The third-order valence-corrected chi connectivity index (χ3v) is 3.53. The van der Waals surface area contributed by atoms with Crippen molar-refractivity contribution in [3.63, 3.8) is 0 Å². The van der Waals surface area contributed by atoms with Crippen LogP contribution in [0.2, 0.25) is 0 Å². The molecule has 0 aliphatic carbocycles. The van der Waals surface area contributed by atoms with E-state index >= 15 is 0 Å². The molecule has 2 aromatic rings. The average molecular weight is 336 g/mol. The van der Waals surface area contributed by atoms with Gasteiger partial charge in [0.1, 0.15) is 5.75 Å². The summed E-state index contributed by atoms with van der Waals surface area (Å²) >= 11 is 3.52. The molecular weight excluding hydrogens is 318 g/mol. The minimum Gasteiger partial charge on any atom is -0.490 e. The van der Waals surface area contributed by atoms with Crippen LogP contribution in [0.25, 0.3) is 0 Å². The Bertz CT molecular complexity index is 584. The summed E-state index contributed by atoms with van der Waals surface area (Å²) in [6.45, 7) is 4.50. The molecule has 0 saturated carbocycles. The van der Waals surface area contributed by atoms with Crippen molar-refractivity contribution < 1.29 is 9.47 Å². The minimum atomic E-state index is -0.0193. The summed E-state index contributed by atoms with van der Waals surface area (Å²) in [6, 6.07) is 13.4. The van der Waals surface area contributed by atoms with E-state index in [9.17, 15) is 0 Å². The van der Waals surface area contributed by atoms with Crippen molar-refractivity contribution in [1.29, 1.82) is 0 Å². The molecule has 0 radical (unpaired) electrons. The lowest BCUT2D eigenvalue weighted by molar-refractivity contribution is 0.321. The van der Waals surface area contributed by atoms with Gasteiger partial charge < -0.3 is 15.2 Å². The monoisotopic (exact) mass is 335 g/mol. The van der Waals surface area contributed by atoms with Crippen LogP contribution in [0.15, 0.2) is 46.9 Å². The molecule has 0 fully saturated rings. The molecule has 20 heavy (non-hydrogen) atoms. The molecule has 0 aliphatic rings. The van der Waals surface area contributed by atoms with E-state index < -0.39 is 0 Å². The van der Waals surface area contributed by atoms with Crippen molar-refractivity contribution in [1.82, 2.24) is 0 Å². The van der Waals surface area contributed by atoms with Gasteiger partial charge in [-0.2, -0.15) is 0 Å². The predicted octanol–water partition coefficient (Wildman–Crippen LogP) is 4.66. The largest absolute Gasteiger partial charge is 0.490 e. The first-order valence-corrected chi connectivity index (χ1v) is 7.35. The zero-order chi connectivity index (χ0) is 14.5. The van der Waals surface area contributed by atoms with Gasteiger partial charge in [-0.15, -0.1) is 0 Å². The molecular formula is C16H18BrNO2. The zero-order valence-electron chi connectivity index (χ0n) is 11.6. The highest BCUT2D eigenvalue weighted by Gasteiger charge is 2.09. The zero-order valence-corrected chi connectivity index (χ0v) is 13.2. The molecule has 2 N–H and O–H groups in total. The molecule has 0 unspecified atom stereocenters. The van der Waals surface area contributed by atoms with E-state index in [0.717, 1.165) is 21.5 Å². The lowest BCUT2D eigenvalue weighted by atomic mass is 10.1. The molecule has 0 bridgehead atoms. The number of hydrogen-bond acceptors (Lipinski definition) is 3. The van der Waals surface area contributed by atoms with Crippen molar-refractivity contribution in [2.75, 3.05) is 6.61 Å². The number of nitrogens with two attached hydrogens (primary N) is 1. The quantitative estimate of drug-likeness (QED) is 0.864. The molecule has 0 heterocycles. The van der Waals surface area contributed by atoms with E-state index in [1.54, 1.807) is 0 Å². The van der Waals surface area contributed by atoms with Gasteiger partial charge in [0.15, 0.2) is 11.5 Å². The first-order chi connectivity index (χ1) is 9.61. The van der Waals surface area contributed by atoms with Gasteiger partial charge >= 0.3 is 0 Å². The molecule has 2 aromatic carbocycles. The first kappa shape index (κ1) is 14.9. The molecule has 0 aromatic heterocycles. The van der Waals surface area contributed by atoms with Crippen LogP contribution in [-0.2, 0) is 0 Å². The van der Waals surface area contributed by atoms with E-state index in [1.807, 2.05) is 56.3 Å². The van der Waals surface area contributed by atoms with E-state index in [2.05, 4.69) is 15.9 Å². The average Bonchev–Trinajstić information content (AvgIpc) is 2.41. The highest BCUT2D eigenvalue weighted by molar-refractivity contribution is 9.10.